The fourth-order valence-electron chi connectivity index (χ4n) is 1.87. The van der Waals surface area contributed by atoms with Gasteiger partial charge in [-0.15, -0.1) is 0 Å². The molecule has 1 aliphatic heterocycles. The highest BCUT2D eigenvalue weighted by Gasteiger charge is 2.13. The van der Waals surface area contributed by atoms with Crippen LogP contribution in [0.5, 0.6) is 0 Å². The van der Waals surface area contributed by atoms with Crippen molar-refractivity contribution in [2.24, 2.45) is 0 Å². The van der Waals surface area contributed by atoms with Crippen LogP contribution >= 0.6 is 0 Å². The minimum atomic E-state index is -3.17. The smallest absolute Gasteiger partial charge is 0.232 e. The van der Waals surface area contributed by atoms with E-state index in [9.17, 15) is 8.42 Å². The lowest BCUT2D eigenvalue weighted by molar-refractivity contribution is 0.600. The molecule has 16 heavy (non-hydrogen) atoms. The van der Waals surface area contributed by atoms with Crippen molar-refractivity contribution >= 4 is 21.4 Å². The molecule has 0 unspecified atom stereocenters. The third-order valence-electron chi connectivity index (χ3n) is 2.56. The van der Waals surface area contributed by atoms with E-state index < -0.39 is 10.0 Å². The Morgan fingerprint density at radius 2 is 2.25 bits per heavy atom. The molecule has 1 aromatic rings. The van der Waals surface area contributed by atoms with E-state index in [1.807, 2.05) is 19.1 Å². The van der Waals surface area contributed by atoms with Crippen LogP contribution in [-0.4, -0.2) is 20.7 Å². The average molecular weight is 240 g/mol. The zero-order valence-electron chi connectivity index (χ0n) is 9.29. The van der Waals surface area contributed by atoms with Crippen molar-refractivity contribution in [1.82, 2.24) is 0 Å². The van der Waals surface area contributed by atoms with Crippen LogP contribution in [0.3, 0.4) is 0 Å². The zero-order valence-corrected chi connectivity index (χ0v) is 10.1. The first kappa shape index (κ1) is 11.3. The van der Waals surface area contributed by atoms with Gasteiger partial charge in [-0.1, -0.05) is 6.92 Å². The van der Waals surface area contributed by atoms with Crippen LogP contribution in [0.1, 0.15) is 18.9 Å². The van der Waals surface area contributed by atoms with Gasteiger partial charge in [-0.05, 0) is 36.6 Å². The molecule has 0 bridgehead atoms. The Balaban J connectivity index is 2.17. The fourth-order valence-corrected chi connectivity index (χ4v) is 2.99. The predicted octanol–water partition coefficient (Wildman–Crippen LogP) is 1.81. The van der Waals surface area contributed by atoms with Gasteiger partial charge in [0.25, 0.3) is 0 Å². The maximum atomic E-state index is 11.6. The van der Waals surface area contributed by atoms with E-state index in [0.29, 0.717) is 12.1 Å². The van der Waals surface area contributed by atoms with Crippen molar-refractivity contribution in [3.63, 3.8) is 0 Å². The molecule has 2 N–H and O–H groups in total. The van der Waals surface area contributed by atoms with Crippen LogP contribution in [0.25, 0.3) is 0 Å². The molecule has 0 spiro atoms. The normalized spacial score (nSPS) is 14.3. The summed E-state index contributed by atoms with van der Waals surface area (Å²) in [4.78, 5) is 0. The molecule has 0 saturated carbocycles. The number of nitrogens with one attached hydrogen (secondary N) is 2. The molecule has 0 fully saturated rings. The van der Waals surface area contributed by atoms with Gasteiger partial charge in [0.15, 0.2) is 0 Å². The Morgan fingerprint density at radius 3 is 3.00 bits per heavy atom. The highest BCUT2D eigenvalue weighted by molar-refractivity contribution is 7.92. The van der Waals surface area contributed by atoms with E-state index in [4.69, 9.17) is 0 Å². The zero-order chi connectivity index (χ0) is 11.6. The lowest BCUT2D eigenvalue weighted by Crippen LogP contribution is -2.16. The van der Waals surface area contributed by atoms with E-state index in [1.165, 1.54) is 5.56 Å². The second-order valence-corrected chi connectivity index (χ2v) is 5.81. The first-order valence-electron chi connectivity index (χ1n) is 5.48. The van der Waals surface area contributed by atoms with E-state index in [0.717, 1.165) is 18.7 Å². The average Bonchev–Trinajstić information content (AvgIpc) is 2.63. The molecule has 1 aromatic carbocycles. The summed E-state index contributed by atoms with van der Waals surface area (Å²) in [7, 11) is -3.17. The second-order valence-electron chi connectivity index (χ2n) is 3.97. The summed E-state index contributed by atoms with van der Waals surface area (Å²) >= 11 is 0. The van der Waals surface area contributed by atoms with Crippen LogP contribution in [0.2, 0.25) is 0 Å². The predicted molar refractivity (Wildman–Crippen MR) is 66.3 cm³/mol. The van der Waals surface area contributed by atoms with Crippen LogP contribution < -0.4 is 10.0 Å². The van der Waals surface area contributed by atoms with Crippen molar-refractivity contribution in [2.45, 2.75) is 19.8 Å². The largest absolute Gasteiger partial charge is 0.384 e. The minimum Gasteiger partial charge on any atom is -0.384 e. The SMILES string of the molecule is CCCS(=O)(=O)Nc1ccc2c(c1)CCN2. The Bertz CT molecular complexity index is 483. The number of hydrogen-bond acceptors (Lipinski definition) is 3. The molecule has 1 aliphatic rings. The third-order valence-corrected chi connectivity index (χ3v) is 4.05. The first-order chi connectivity index (χ1) is 7.61. The number of hydrogen-bond donors (Lipinski definition) is 2. The Hall–Kier alpha value is -1.23. The molecule has 0 atom stereocenters. The van der Waals surface area contributed by atoms with Crippen LogP contribution in [-0.2, 0) is 16.4 Å². The molecule has 0 saturated heterocycles. The highest BCUT2D eigenvalue weighted by Crippen LogP contribution is 2.25. The molecular formula is C11H16N2O2S. The minimum absolute atomic E-state index is 0.169. The van der Waals surface area contributed by atoms with Crippen molar-refractivity contribution < 1.29 is 8.42 Å². The van der Waals surface area contributed by atoms with E-state index in [2.05, 4.69) is 10.0 Å². The molecule has 2 rings (SSSR count). The molecule has 4 nitrogen and oxygen atoms in total. The quantitative estimate of drug-likeness (QED) is 0.843. The van der Waals surface area contributed by atoms with Crippen LogP contribution in [0.4, 0.5) is 11.4 Å². The molecule has 0 aromatic heterocycles. The lowest BCUT2D eigenvalue weighted by Gasteiger charge is -2.08. The standard InChI is InChI=1S/C11H16N2O2S/c1-2-7-16(14,15)13-10-3-4-11-9(8-10)5-6-12-11/h3-4,8,12-13H,2,5-7H2,1H3. The van der Waals surface area contributed by atoms with E-state index >= 15 is 0 Å². The topological polar surface area (TPSA) is 58.2 Å². The summed E-state index contributed by atoms with van der Waals surface area (Å²) in [6.45, 7) is 2.78. The lowest BCUT2D eigenvalue weighted by atomic mass is 10.1. The van der Waals surface area contributed by atoms with Gasteiger partial charge in [0.05, 0.1) is 5.75 Å². The van der Waals surface area contributed by atoms with Gasteiger partial charge < -0.3 is 5.32 Å². The van der Waals surface area contributed by atoms with E-state index in [1.54, 1.807) is 6.07 Å². The Labute approximate surface area is 96.1 Å². The molecule has 5 heteroatoms. The van der Waals surface area contributed by atoms with Gasteiger partial charge in [0.1, 0.15) is 0 Å². The molecule has 1 heterocycles. The summed E-state index contributed by atoms with van der Waals surface area (Å²) in [6.07, 6.45) is 1.58. The molecular weight excluding hydrogens is 224 g/mol. The Morgan fingerprint density at radius 1 is 1.44 bits per heavy atom. The summed E-state index contributed by atoms with van der Waals surface area (Å²) < 4.78 is 25.7. The van der Waals surface area contributed by atoms with Gasteiger partial charge in [-0.25, -0.2) is 8.42 Å². The molecule has 0 aliphatic carbocycles. The summed E-state index contributed by atoms with van der Waals surface area (Å²) in [5.41, 5.74) is 2.95. The maximum Gasteiger partial charge on any atom is 0.232 e. The monoisotopic (exact) mass is 240 g/mol. The van der Waals surface area contributed by atoms with Gasteiger partial charge in [-0.2, -0.15) is 0 Å². The van der Waals surface area contributed by atoms with Crippen molar-refractivity contribution in [1.29, 1.82) is 0 Å². The maximum absolute atomic E-state index is 11.6. The first-order valence-corrected chi connectivity index (χ1v) is 7.13. The number of rotatable bonds is 4. The summed E-state index contributed by atoms with van der Waals surface area (Å²) in [6, 6.07) is 5.62. The number of benzene rings is 1. The van der Waals surface area contributed by atoms with E-state index in [-0.39, 0.29) is 5.75 Å². The third kappa shape index (κ3) is 2.47. The van der Waals surface area contributed by atoms with Crippen molar-refractivity contribution in [3.8, 4) is 0 Å². The highest BCUT2D eigenvalue weighted by atomic mass is 32.2. The molecule has 88 valence electrons. The van der Waals surface area contributed by atoms with Crippen LogP contribution in [0, 0.1) is 0 Å². The van der Waals surface area contributed by atoms with Crippen molar-refractivity contribution in [3.05, 3.63) is 23.8 Å². The molecule has 0 amide bonds. The van der Waals surface area contributed by atoms with Gasteiger partial charge in [0, 0.05) is 17.9 Å². The van der Waals surface area contributed by atoms with Gasteiger partial charge in [-0.3, -0.25) is 4.72 Å². The van der Waals surface area contributed by atoms with Crippen molar-refractivity contribution in [2.75, 3.05) is 22.3 Å². The molecule has 0 radical (unpaired) electrons. The number of anilines is 2. The second kappa shape index (κ2) is 4.33. The summed E-state index contributed by atoms with van der Waals surface area (Å²) in [5.74, 6) is 0.169. The fraction of sp³-hybridized carbons (Fsp3) is 0.455. The number of fused-ring (bicyclic) bond motifs is 1. The number of sulfonamides is 1. The van der Waals surface area contributed by atoms with Crippen LogP contribution in [0.15, 0.2) is 18.2 Å². The van der Waals surface area contributed by atoms with Gasteiger partial charge in [0.2, 0.25) is 10.0 Å². The summed E-state index contributed by atoms with van der Waals surface area (Å²) in [5, 5.41) is 3.24. The Kier molecular flexibility index (Phi) is 3.05. The van der Waals surface area contributed by atoms with Gasteiger partial charge >= 0.3 is 0 Å².